The topological polar surface area (TPSA) is 183 Å². The number of hydrogen-bond donors (Lipinski definition) is 3. The molecule has 290 valence electrons. The van der Waals surface area contributed by atoms with Gasteiger partial charge in [-0.15, -0.1) is 0 Å². The molecule has 3 N–H and O–H groups in total. The summed E-state index contributed by atoms with van der Waals surface area (Å²) in [4.78, 5) is 77.9. The summed E-state index contributed by atoms with van der Waals surface area (Å²) in [5, 5.41) is 9.58. The van der Waals surface area contributed by atoms with Gasteiger partial charge in [0.25, 0.3) is 11.8 Å². The highest BCUT2D eigenvalue weighted by Gasteiger charge is 2.45. The van der Waals surface area contributed by atoms with Gasteiger partial charge >= 0.3 is 0 Å². The smallest absolute Gasteiger partial charge is 0.262 e. The van der Waals surface area contributed by atoms with E-state index < -0.39 is 36.8 Å². The molecule has 56 heavy (non-hydrogen) atoms. The molecular weight excluding hydrogens is 759 g/mol. The molecule has 4 aromatic rings. The van der Waals surface area contributed by atoms with Crippen LogP contribution >= 0.6 is 18.7 Å². The van der Waals surface area contributed by atoms with Crippen LogP contribution in [-0.4, -0.2) is 102 Å². The van der Waals surface area contributed by atoms with E-state index in [1.807, 2.05) is 42.5 Å². The zero-order chi connectivity index (χ0) is 39.7. The number of hydrogen-bond acceptors (Lipinski definition) is 12. The second-order valence-corrected chi connectivity index (χ2v) is 17.6. The molecule has 3 aliphatic rings. The second kappa shape index (κ2) is 15.8. The van der Waals surface area contributed by atoms with E-state index in [0.29, 0.717) is 65.0 Å². The zero-order valence-corrected chi connectivity index (χ0v) is 32.7. The lowest BCUT2D eigenvalue weighted by atomic mass is 9.98. The molecule has 2 fully saturated rings. The van der Waals surface area contributed by atoms with Crippen LogP contribution in [0.2, 0.25) is 5.02 Å². The highest BCUT2D eigenvalue weighted by molar-refractivity contribution is 7.70. The molecule has 0 saturated carbocycles. The fourth-order valence-electron chi connectivity index (χ4n) is 7.20. The van der Waals surface area contributed by atoms with Crippen molar-refractivity contribution in [1.29, 1.82) is 0 Å². The fourth-order valence-corrected chi connectivity index (χ4v) is 8.49. The predicted molar refractivity (Wildman–Crippen MR) is 212 cm³/mol. The number of carbonyl (C=O) groups excluding carboxylic acids is 5. The minimum atomic E-state index is -2.58. The van der Waals surface area contributed by atoms with Crippen LogP contribution in [0.5, 0.6) is 5.75 Å². The number of benzene rings is 3. The molecule has 1 unspecified atom stereocenters. The third-order valence-corrected chi connectivity index (χ3v) is 11.9. The number of piperazine rings is 1. The molecule has 15 nitrogen and oxygen atoms in total. The molecule has 0 bridgehead atoms. The van der Waals surface area contributed by atoms with Crippen LogP contribution in [0.3, 0.4) is 0 Å². The van der Waals surface area contributed by atoms with Gasteiger partial charge in [-0.05, 0) is 62.1 Å². The van der Waals surface area contributed by atoms with Crippen molar-refractivity contribution in [3.8, 4) is 5.75 Å². The van der Waals surface area contributed by atoms with E-state index in [9.17, 15) is 28.5 Å². The lowest BCUT2D eigenvalue weighted by molar-refractivity contribution is -0.136. The van der Waals surface area contributed by atoms with Crippen LogP contribution in [0.4, 0.5) is 28.8 Å². The maximum absolute atomic E-state index is 13.5. The molecule has 3 aliphatic heterocycles. The fraction of sp³-hybridized carbons (Fsp3) is 0.308. The van der Waals surface area contributed by atoms with E-state index in [-0.39, 0.29) is 48.7 Å². The predicted octanol–water partition coefficient (Wildman–Crippen LogP) is 4.56. The molecule has 2 saturated heterocycles. The summed E-state index contributed by atoms with van der Waals surface area (Å²) in [5.41, 5.74) is 3.14. The number of para-hydroxylation sites is 1. The van der Waals surface area contributed by atoms with Crippen molar-refractivity contribution >= 4 is 82.4 Å². The molecule has 0 aliphatic carbocycles. The number of ether oxygens (including phenoxy) is 1. The van der Waals surface area contributed by atoms with Gasteiger partial charge in [-0.25, -0.2) is 4.98 Å². The number of aryl methyl sites for hydroxylation is 1. The van der Waals surface area contributed by atoms with Gasteiger partial charge in [-0.1, -0.05) is 35.9 Å². The second-order valence-electron chi connectivity index (χ2n) is 14.0. The summed E-state index contributed by atoms with van der Waals surface area (Å²) in [6.45, 7) is 5.53. The molecule has 3 aromatic carbocycles. The van der Waals surface area contributed by atoms with E-state index in [4.69, 9.17) is 16.3 Å². The number of anilines is 5. The lowest BCUT2D eigenvalue weighted by Gasteiger charge is -2.36. The largest absolute Gasteiger partial charge is 0.494 e. The van der Waals surface area contributed by atoms with Crippen LogP contribution in [0, 0.1) is 0 Å². The number of aromatic nitrogens is 2. The highest BCUT2D eigenvalue weighted by atomic mass is 35.5. The summed E-state index contributed by atoms with van der Waals surface area (Å²) >= 11 is 6.44. The van der Waals surface area contributed by atoms with Gasteiger partial charge in [-0.3, -0.25) is 34.2 Å². The van der Waals surface area contributed by atoms with Gasteiger partial charge in [0, 0.05) is 56.1 Å². The summed E-state index contributed by atoms with van der Waals surface area (Å²) in [7, 11) is -1.01. The maximum Gasteiger partial charge on any atom is 0.262 e. The van der Waals surface area contributed by atoms with E-state index >= 15 is 0 Å². The number of rotatable bonds is 11. The highest BCUT2D eigenvalue weighted by Crippen LogP contribution is 2.39. The Hall–Kier alpha value is -5.79. The number of fused-ring (bicyclic) bond motifs is 1. The van der Waals surface area contributed by atoms with Gasteiger partial charge in [-0.2, -0.15) is 4.98 Å². The molecule has 5 amide bonds. The first kappa shape index (κ1) is 38.5. The number of methoxy groups -OCH3 is 1. The average molecular weight is 799 g/mol. The lowest BCUT2D eigenvalue weighted by Crippen LogP contribution is -2.54. The summed E-state index contributed by atoms with van der Waals surface area (Å²) in [6, 6.07) is 16.9. The Balaban J connectivity index is 0.960. The minimum absolute atomic E-state index is 0.0372. The van der Waals surface area contributed by atoms with Gasteiger partial charge in [0.05, 0.1) is 35.8 Å². The van der Waals surface area contributed by atoms with Crippen LogP contribution in [-0.2, 0) is 25.4 Å². The quantitative estimate of drug-likeness (QED) is 0.142. The maximum atomic E-state index is 13.5. The third-order valence-electron chi connectivity index (χ3n) is 10.1. The van der Waals surface area contributed by atoms with E-state index in [1.165, 1.54) is 6.20 Å². The van der Waals surface area contributed by atoms with Crippen LogP contribution < -0.4 is 30.9 Å². The molecule has 0 spiro atoms. The van der Waals surface area contributed by atoms with Gasteiger partial charge < -0.3 is 29.7 Å². The Labute approximate surface area is 328 Å². The van der Waals surface area contributed by atoms with Gasteiger partial charge in [0.1, 0.15) is 24.0 Å². The third kappa shape index (κ3) is 7.82. The Morgan fingerprint density at radius 1 is 0.964 bits per heavy atom. The number of halogens is 1. The van der Waals surface area contributed by atoms with E-state index in [2.05, 4.69) is 30.8 Å². The van der Waals surface area contributed by atoms with Crippen molar-refractivity contribution in [2.75, 3.05) is 62.2 Å². The molecule has 0 radical (unpaired) electrons. The first-order chi connectivity index (χ1) is 26.8. The Morgan fingerprint density at radius 3 is 2.46 bits per heavy atom. The van der Waals surface area contributed by atoms with Crippen molar-refractivity contribution in [3.63, 3.8) is 0 Å². The van der Waals surface area contributed by atoms with Crippen molar-refractivity contribution in [2.45, 2.75) is 31.7 Å². The normalized spacial score (nSPS) is 17.1. The van der Waals surface area contributed by atoms with Crippen molar-refractivity contribution in [3.05, 3.63) is 88.6 Å². The van der Waals surface area contributed by atoms with Crippen LogP contribution in [0.15, 0.2) is 66.9 Å². The van der Waals surface area contributed by atoms with Crippen molar-refractivity contribution in [2.24, 2.45) is 0 Å². The summed E-state index contributed by atoms with van der Waals surface area (Å²) in [5.74, 6) is -1.17. The van der Waals surface area contributed by atoms with Gasteiger partial charge in [0.15, 0.2) is 5.82 Å². The summed E-state index contributed by atoms with van der Waals surface area (Å²) in [6.07, 6.45) is 1.97. The molecule has 4 heterocycles. The number of amides is 5. The molecular formula is C39H40ClN8O7P. The number of piperidine rings is 1. The number of nitrogens with zero attached hydrogens (tertiary/aromatic N) is 5. The van der Waals surface area contributed by atoms with Crippen molar-refractivity contribution < 1.29 is 33.3 Å². The van der Waals surface area contributed by atoms with Crippen molar-refractivity contribution in [1.82, 2.24) is 25.1 Å². The molecule has 7 rings (SSSR count). The SMILES string of the molecule is COc1cc(N2CCN(C(=O)CCc3cccc4c3C(=O)N(C3CCC(=O)NC3=O)C4=O)CC2)ccc1Nc1ncc(Cl)c(Nc2ccccc2P(C)(C)=O)n1. The summed E-state index contributed by atoms with van der Waals surface area (Å²) < 4.78 is 18.6. The molecule has 1 aromatic heterocycles. The minimum Gasteiger partial charge on any atom is -0.494 e. The molecule has 1 atom stereocenters. The Bertz CT molecular complexity index is 2310. The molecule has 17 heteroatoms. The van der Waals surface area contributed by atoms with Crippen LogP contribution in [0.1, 0.15) is 45.5 Å². The number of carbonyl (C=O) groups is 5. The first-order valence-electron chi connectivity index (χ1n) is 18.1. The number of imide groups is 2. The Morgan fingerprint density at radius 2 is 1.73 bits per heavy atom. The zero-order valence-electron chi connectivity index (χ0n) is 31.0. The van der Waals surface area contributed by atoms with E-state index in [0.717, 1.165) is 10.6 Å². The standard InChI is InChI=1S/C39H40ClN8O7P/c1-55-30-21-24(12-13-27(30)43-39-41-22-26(40)35(45-39)42-28-9-4-5-10-31(28)56(2,3)54)46-17-19-47(20-18-46)33(50)16-11-23-7-6-8-25-34(23)38(53)48(37(25)52)29-14-15-32(49)44-36(29)51/h4-10,12-13,21-22,29H,11,14-20H2,1-3H3,(H,44,49,51)(H2,41,42,43,45). The Kier molecular flexibility index (Phi) is 10.8. The first-order valence-corrected chi connectivity index (χ1v) is 21.1. The van der Waals surface area contributed by atoms with Gasteiger partial charge in [0.2, 0.25) is 23.7 Å². The van der Waals surface area contributed by atoms with E-state index in [1.54, 1.807) is 43.5 Å². The number of nitrogens with one attached hydrogen (secondary N) is 3. The monoisotopic (exact) mass is 798 g/mol. The average Bonchev–Trinajstić information content (AvgIpc) is 3.44. The van der Waals surface area contributed by atoms with Crippen LogP contribution in [0.25, 0.3) is 0 Å².